The van der Waals surface area contributed by atoms with Crippen molar-refractivity contribution in [2.24, 2.45) is 0 Å². The van der Waals surface area contributed by atoms with E-state index in [-0.39, 0.29) is 21.7 Å². The number of carbonyl (C=O) groups is 2. The summed E-state index contributed by atoms with van der Waals surface area (Å²) in [6.45, 7) is 7.95. The van der Waals surface area contributed by atoms with E-state index < -0.39 is 21.8 Å². The first-order valence-electron chi connectivity index (χ1n) is 11.4. The van der Waals surface area contributed by atoms with Gasteiger partial charge in [0.2, 0.25) is 10.0 Å². The second-order valence-electron chi connectivity index (χ2n) is 7.90. The van der Waals surface area contributed by atoms with Crippen molar-refractivity contribution in [2.75, 3.05) is 13.1 Å². The first-order valence-corrected chi connectivity index (χ1v) is 12.8. The molecule has 2 N–H and O–H groups in total. The molecule has 1 heterocycles. The van der Waals surface area contributed by atoms with Gasteiger partial charge in [-0.25, -0.2) is 13.1 Å². The third-order valence-electron chi connectivity index (χ3n) is 5.58. The molecule has 0 aliphatic heterocycles. The molecule has 0 atom stereocenters. The number of amides is 2. The number of aryl methyl sites for hydroxylation is 2. The Kier molecular flexibility index (Phi) is 8.03. The Hall–Kier alpha value is -3.57. The molecule has 2 aromatic carbocycles. The van der Waals surface area contributed by atoms with Gasteiger partial charge in [0.05, 0.1) is 10.3 Å². The summed E-state index contributed by atoms with van der Waals surface area (Å²) in [6, 6.07) is 10.9. The molecule has 3 aromatic rings. The van der Waals surface area contributed by atoms with Crippen LogP contribution in [0.1, 0.15) is 53.6 Å². The third kappa shape index (κ3) is 5.25. The van der Waals surface area contributed by atoms with Crippen LogP contribution in [-0.4, -0.2) is 47.4 Å². The predicted octanol–water partition coefficient (Wildman–Crippen LogP) is 2.22. The zero-order valence-corrected chi connectivity index (χ0v) is 21.0. The second kappa shape index (κ2) is 10.8. The van der Waals surface area contributed by atoms with E-state index in [2.05, 4.69) is 16.0 Å². The summed E-state index contributed by atoms with van der Waals surface area (Å²) >= 11 is 0. The van der Waals surface area contributed by atoms with E-state index >= 15 is 0 Å². The summed E-state index contributed by atoms with van der Waals surface area (Å²) in [4.78, 5) is 38.3. The Balaban J connectivity index is 1.87. The first kappa shape index (κ1) is 26.0. The van der Waals surface area contributed by atoms with Crippen molar-refractivity contribution in [1.29, 1.82) is 0 Å². The van der Waals surface area contributed by atoms with E-state index in [0.717, 1.165) is 0 Å². The van der Waals surface area contributed by atoms with Crippen LogP contribution < -0.4 is 16.4 Å². The lowest BCUT2D eigenvalue weighted by Gasteiger charge is -2.20. The summed E-state index contributed by atoms with van der Waals surface area (Å²) in [6.07, 6.45) is 0.648. The number of fused-ring (bicyclic) bond motifs is 1. The monoisotopic (exact) mass is 499 g/mol. The summed E-state index contributed by atoms with van der Waals surface area (Å²) in [5, 5.41) is 4.90. The minimum absolute atomic E-state index is 0.0114. The average Bonchev–Trinajstić information content (AvgIpc) is 2.85. The number of sulfonamides is 1. The topological polar surface area (TPSA) is 130 Å². The summed E-state index contributed by atoms with van der Waals surface area (Å²) in [5.74, 6) is -1.40. The maximum Gasteiger partial charge on any atom is 0.290 e. The Morgan fingerprint density at radius 2 is 1.60 bits per heavy atom. The summed E-state index contributed by atoms with van der Waals surface area (Å²) in [7, 11) is -3.78. The number of aromatic nitrogens is 2. The molecule has 0 unspecified atom stereocenters. The van der Waals surface area contributed by atoms with Crippen LogP contribution in [0.5, 0.6) is 0 Å². The summed E-state index contributed by atoms with van der Waals surface area (Å²) in [5.41, 5.74) is 4.89. The molecule has 2 amide bonds. The number of hydrogen-bond donors (Lipinski definition) is 2. The highest BCUT2D eigenvalue weighted by Gasteiger charge is 2.25. The number of hydrazine groups is 1. The number of benzene rings is 2. The zero-order valence-electron chi connectivity index (χ0n) is 20.2. The maximum absolute atomic E-state index is 13.0. The van der Waals surface area contributed by atoms with Crippen molar-refractivity contribution >= 4 is 32.6 Å². The molecular formula is C24H29N5O5S. The highest BCUT2D eigenvalue weighted by Crippen LogP contribution is 2.21. The molecule has 0 spiro atoms. The van der Waals surface area contributed by atoms with Crippen LogP contribution in [-0.2, 0) is 16.6 Å². The molecule has 186 valence electrons. The van der Waals surface area contributed by atoms with Gasteiger partial charge < -0.3 is 0 Å². The van der Waals surface area contributed by atoms with Crippen molar-refractivity contribution in [3.63, 3.8) is 0 Å². The molecule has 0 aliphatic rings. The molecule has 0 radical (unpaired) electrons. The first-order chi connectivity index (χ1) is 16.6. The minimum Gasteiger partial charge on any atom is -0.267 e. The largest absolute Gasteiger partial charge is 0.290 e. The molecule has 0 saturated carbocycles. The highest BCUT2D eigenvalue weighted by molar-refractivity contribution is 7.89. The van der Waals surface area contributed by atoms with Crippen LogP contribution in [0, 0.1) is 6.92 Å². The van der Waals surface area contributed by atoms with Gasteiger partial charge in [-0.05, 0) is 37.1 Å². The van der Waals surface area contributed by atoms with Crippen molar-refractivity contribution < 1.29 is 18.0 Å². The SMILES string of the molecule is CCCn1nc(C(=O)NNC(=O)c2ccc(C)c(S(=O)(=O)N(CC)CC)c2)c2ccccc2c1=O. The number of nitrogens with zero attached hydrogens (tertiary/aromatic N) is 3. The fraction of sp³-hybridized carbons (Fsp3) is 0.333. The lowest BCUT2D eigenvalue weighted by molar-refractivity contribution is 0.0843. The normalized spacial score (nSPS) is 11.6. The molecule has 35 heavy (non-hydrogen) atoms. The maximum atomic E-state index is 13.0. The standard InChI is InChI=1S/C24H29N5O5S/c1-5-14-29-24(32)19-11-9-8-10-18(19)21(27-29)23(31)26-25-22(30)17-13-12-16(4)20(15-17)35(33,34)28(6-2)7-3/h8-13,15H,5-7,14H2,1-4H3,(H,25,30)(H,26,31). The van der Waals surface area contributed by atoms with Crippen LogP contribution in [0.4, 0.5) is 0 Å². The fourth-order valence-electron chi connectivity index (χ4n) is 3.73. The highest BCUT2D eigenvalue weighted by atomic mass is 32.2. The quantitative estimate of drug-likeness (QED) is 0.457. The Bertz CT molecular complexity index is 1430. The Morgan fingerprint density at radius 1 is 0.971 bits per heavy atom. The van der Waals surface area contributed by atoms with Gasteiger partial charge in [0.15, 0.2) is 5.69 Å². The molecule has 0 saturated heterocycles. The lowest BCUT2D eigenvalue weighted by atomic mass is 10.1. The van der Waals surface area contributed by atoms with Crippen LogP contribution in [0.15, 0.2) is 52.2 Å². The van der Waals surface area contributed by atoms with Gasteiger partial charge >= 0.3 is 0 Å². The Labute approximate surface area is 204 Å². The number of rotatable bonds is 8. The van der Waals surface area contributed by atoms with Gasteiger partial charge in [-0.2, -0.15) is 9.40 Å². The van der Waals surface area contributed by atoms with Gasteiger partial charge in [0.1, 0.15) is 0 Å². The number of nitrogens with one attached hydrogen (secondary N) is 2. The van der Waals surface area contributed by atoms with Crippen molar-refractivity contribution in [2.45, 2.75) is 45.6 Å². The lowest BCUT2D eigenvalue weighted by Crippen LogP contribution is -2.43. The van der Waals surface area contributed by atoms with E-state index in [1.54, 1.807) is 51.1 Å². The van der Waals surface area contributed by atoms with Crippen LogP contribution in [0.2, 0.25) is 0 Å². The summed E-state index contributed by atoms with van der Waals surface area (Å²) < 4.78 is 28.5. The number of hydrogen-bond acceptors (Lipinski definition) is 6. The van der Waals surface area contributed by atoms with Crippen LogP contribution in [0.25, 0.3) is 10.8 Å². The molecule has 0 aliphatic carbocycles. The van der Waals surface area contributed by atoms with Gasteiger partial charge in [-0.1, -0.05) is 45.0 Å². The van der Waals surface area contributed by atoms with Crippen molar-refractivity contribution in [3.05, 3.63) is 69.6 Å². The van der Waals surface area contributed by atoms with E-state index in [0.29, 0.717) is 42.4 Å². The number of carbonyl (C=O) groups excluding carboxylic acids is 2. The molecule has 11 heteroatoms. The molecule has 1 aromatic heterocycles. The van der Waals surface area contributed by atoms with Crippen molar-refractivity contribution in [3.8, 4) is 0 Å². The van der Waals surface area contributed by atoms with E-state index in [1.165, 1.54) is 21.1 Å². The van der Waals surface area contributed by atoms with Crippen LogP contribution >= 0.6 is 0 Å². The molecule has 0 fully saturated rings. The smallest absolute Gasteiger partial charge is 0.267 e. The van der Waals surface area contributed by atoms with Crippen molar-refractivity contribution in [1.82, 2.24) is 24.9 Å². The van der Waals surface area contributed by atoms with Crippen LogP contribution in [0.3, 0.4) is 0 Å². The Morgan fingerprint density at radius 3 is 2.23 bits per heavy atom. The minimum atomic E-state index is -3.78. The van der Waals surface area contributed by atoms with E-state index in [1.807, 2.05) is 6.92 Å². The molecule has 10 nitrogen and oxygen atoms in total. The van der Waals surface area contributed by atoms with E-state index in [9.17, 15) is 22.8 Å². The third-order valence-corrected chi connectivity index (χ3v) is 7.77. The molecular weight excluding hydrogens is 470 g/mol. The van der Waals surface area contributed by atoms with Gasteiger partial charge in [0, 0.05) is 30.6 Å². The van der Waals surface area contributed by atoms with Gasteiger partial charge in [-0.3, -0.25) is 25.2 Å². The zero-order chi connectivity index (χ0) is 25.8. The molecule has 3 rings (SSSR count). The molecule has 0 bridgehead atoms. The van der Waals surface area contributed by atoms with E-state index in [4.69, 9.17) is 0 Å². The average molecular weight is 500 g/mol. The second-order valence-corrected chi connectivity index (χ2v) is 9.81. The fourth-order valence-corrected chi connectivity index (χ4v) is 5.44. The van der Waals surface area contributed by atoms with Gasteiger partial charge in [0.25, 0.3) is 17.4 Å². The van der Waals surface area contributed by atoms with Gasteiger partial charge in [-0.15, -0.1) is 0 Å². The predicted molar refractivity (Wildman–Crippen MR) is 133 cm³/mol.